The van der Waals surface area contributed by atoms with Gasteiger partial charge in [-0.3, -0.25) is 10.0 Å². The zero-order valence-corrected chi connectivity index (χ0v) is 23.2. The van der Waals surface area contributed by atoms with E-state index in [1.807, 2.05) is 38.3 Å². The highest BCUT2D eigenvalue weighted by molar-refractivity contribution is 14.2. The van der Waals surface area contributed by atoms with Crippen molar-refractivity contribution in [1.82, 2.24) is 10.0 Å². The first kappa shape index (κ1) is 26.1. The molecule has 2 aliphatic heterocycles. The molecule has 3 aliphatic rings. The molecule has 4 rings (SSSR count). The maximum absolute atomic E-state index is 13.1. The van der Waals surface area contributed by atoms with E-state index in [9.17, 15) is 7.97 Å². The van der Waals surface area contributed by atoms with Gasteiger partial charge in [-0.1, -0.05) is 43.3 Å². The van der Waals surface area contributed by atoms with E-state index in [1.54, 1.807) is 4.01 Å². The topological polar surface area (TPSA) is 51.4 Å². The number of halogens is 2. The van der Waals surface area contributed by atoms with E-state index >= 15 is 0 Å². The summed E-state index contributed by atoms with van der Waals surface area (Å²) in [7, 11) is 4.04. The standard InChI is InChI=1S/C28H36FIN4O/c1-6-8-25-31-18-22-15-24(19(7-2)13-14-30-29)26(32-27(22)34(25)33(4)5)21-11-9-20(10-12-21)23-16-28(3,35)17-23/h7-12,14-15,18-19,22-23,27,35H,2,6,13,16-17H2,1,3-5H3/b25-8-. The fourth-order valence-corrected chi connectivity index (χ4v) is 6.04. The zero-order valence-electron chi connectivity index (χ0n) is 21.0. The Labute approximate surface area is 219 Å². The summed E-state index contributed by atoms with van der Waals surface area (Å²) < 4.78 is 14.9. The Balaban J connectivity index is 1.74. The Bertz CT molecular complexity index is 1080. The molecule has 0 bridgehead atoms. The van der Waals surface area contributed by atoms with E-state index in [0.29, 0.717) is 12.3 Å². The fourth-order valence-electron chi connectivity index (χ4n) is 5.30. The minimum Gasteiger partial charge on any atom is -0.390 e. The minimum absolute atomic E-state index is 0.000317. The number of nitrogens with zero attached hydrogens (tertiary/aromatic N) is 4. The first-order chi connectivity index (χ1) is 16.8. The van der Waals surface area contributed by atoms with Gasteiger partial charge in [0.25, 0.3) is 0 Å². The maximum atomic E-state index is 13.1. The van der Waals surface area contributed by atoms with E-state index in [-0.39, 0.29) is 18.0 Å². The lowest BCUT2D eigenvalue weighted by molar-refractivity contribution is -0.0313. The molecule has 0 amide bonds. The third-order valence-corrected chi connectivity index (χ3v) is 7.89. The zero-order chi connectivity index (χ0) is 25.2. The Morgan fingerprint density at radius 1 is 1.31 bits per heavy atom. The van der Waals surface area contributed by atoms with Gasteiger partial charge in [0.1, 0.15) is 12.0 Å². The van der Waals surface area contributed by atoms with Crippen LogP contribution in [0.2, 0.25) is 0 Å². The van der Waals surface area contributed by atoms with Crippen LogP contribution in [0.3, 0.4) is 0 Å². The van der Waals surface area contributed by atoms with Gasteiger partial charge in [-0.15, -0.1) is 6.58 Å². The number of dihydropyridines is 1. The first-order valence-electron chi connectivity index (χ1n) is 12.3. The number of rotatable bonds is 8. The van der Waals surface area contributed by atoms with E-state index < -0.39 is 26.9 Å². The number of hydrazine groups is 1. The van der Waals surface area contributed by atoms with Gasteiger partial charge in [-0.25, -0.2) is 10.0 Å². The van der Waals surface area contributed by atoms with Gasteiger partial charge in [-0.2, -0.15) is 2.86 Å². The molecule has 0 spiro atoms. The molecule has 1 N–H and O–H groups in total. The summed E-state index contributed by atoms with van der Waals surface area (Å²) >= 11 is -1.39. The van der Waals surface area contributed by atoms with Crippen molar-refractivity contribution in [2.75, 3.05) is 14.1 Å². The van der Waals surface area contributed by atoms with Gasteiger partial charge >= 0.3 is 0 Å². The molecule has 0 aromatic heterocycles. The summed E-state index contributed by atoms with van der Waals surface area (Å²) in [4.78, 5) is 10.1. The van der Waals surface area contributed by atoms with Crippen molar-refractivity contribution in [3.63, 3.8) is 0 Å². The first-order valence-corrected chi connectivity index (χ1v) is 14.4. The molecule has 2 heterocycles. The highest BCUT2D eigenvalue weighted by Gasteiger charge is 2.39. The molecule has 1 aromatic rings. The summed E-state index contributed by atoms with van der Waals surface area (Å²) in [5.74, 6) is 1.32. The number of hydrogen-bond donors (Lipinski definition) is 1. The lowest BCUT2D eigenvalue weighted by Gasteiger charge is -2.43. The van der Waals surface area contributed by atoms with Gasteiger partial charge in [0.05, 0.1) is 38.5 Å². The molecular formula is C28H36FIN4O. The van der Waals surface area contributed by atoms with Gasteiger partial charge in [-0.05, 0) is 59.7 Å². The van der Waals surface area contributed by atoms with Crippen molar-refractivity contribution >= 4 is 37.2 Å². The highest BCUT2D eigenvalue weighted by Crippen LogP contribution is 2.44. The Hall–Kier alpha value is -1.97. The van der Waals surface area contributed by atoms with Crippen LogP contribution in [0.4, 0.5) is 2.86 Å². The Morgan fingerprint density at radius 3 is 2.60 bits per heavy atom. The molecule has 1 fully saturated rings. The maximum Gasteiger partial charge on any atom is 0.149 e. The van der Waals surface area contributed by atoms with Crippen molar-refractivity contribution in [1.29, 1.82) is 0 Å². The van der Waals surface area contributed by atoms with Gasteiger partial charge in [0.15, 0.2) is 0 Å². The van der Waals surface area contributed by atoms with E-state index in [2.05, 4.69) is 54.9 Å². The van der Waals surface area contributed by atoms with Crippen LogP contribution in [-0.4, -0.2) is 56.9 Å². The van der Waals surface area contributed by atoms with E-state index in [0.717, 1.165) is 41.9 Å². The van der Waals surface area contributed by atoms with Gasteiger partial charge in [0.2, 0.25) is 0 Å². The highest BCUT2D eigenvalue weighted by atomic mass is 127. The van der Waals surface area contributed by atoms with Crippen molar-refractivity contribution in [3.05, 3.63) is 71.6 Å². The fraction of sp³-hybridized carbons (Fsp3) is 0.464. The third-order valence-electron chi connectivity index (χ3n) is 7.05. The summed E-state index contributed by atoms with van der Waals surface area (Å²) in [6, 6.07) is 8.61. The number of allylic oxidation sites excluding steroid dienone is 3. The molecule has 188 valence electrons. The Kier molecular flexibility index (Phi) is 8.18. The largest absolute Gasteiger partial charge is 0.390 e. The van der Waals surface area contributed by atoms with Crippen molar-refractivity contribution in [2.45, 2.75) is 57.2 Å². The van der Waals surface area contributed by atoms with E-state index in [1.165, 1.54) is 5.56 Å². The molecule has 7 heteroatoms. The quantitative estimate of drug-likeness (QED) is 0.301. The molecule has 35 heavy (non-hydrogen) atoms. The monoisotopic (exact) mass is 590 g/mol. The number of aliphatic imine (C=N–C) groups is 2. The average Bonchev–Trinajstić information content (AvgIpc) is 2.82. The molecule has 5 nitrogen and oxygen atoms in total. The molecule has 1 aliphatic carbocycles. The second-order valence-electron chi connectivity index (χ2n) is 10.1. The number of aliphatic hydroxyl groups is 1. The Morgan fingerprint density at radius 2 is 2.03 bits per heavy atom. The molecule has 0 saturated heterocycles. The van der Waals surface area contributed by atoms with Gasteiger partial charge < -0.3 is 5.11 Å². The molecule has 0 radical (unpaired) electrons. The summed E-state index contributed by atoms with van der Waals surface area (Å²) in [6.45, 7) is 8.07. The van der Waals surface area contributed by atoms with Crippen LogP contribution < -0.4 is 0 Å². The van der Waals surface area contributed by atoms with Crippen molar-refractivity contribution in [3.8, 4) is 0 Å². The van der Waals surface area contributed by atoms with Crippen LogP contribution in [0.25, 0.3) is 0 Å². The minimum atomic E-state index is -1.39. The molecule has 3 unspecified atom stereocenters. The van der Waals surface area contributed by atoms with Crippen molar-refractivity contribution in [2.24, 2.45) is 21.8 Å². The van der Waals surface area contributed by atoms with Crippen LogP contribution in [0, 0.1) is 11.8 Å². The van der Waals surface area contributed by atoms with Crippen LogP contribution >= 0.6 is 21.3 Å². The van der Waals surface area contributed by atoms with E-state index in [4.69, 9.17) is 9.98 Å². The number of benzene rings is 1. The van der Waals surface area contributed by atoms with Crippen LogP contribution in [0.5, 0.6) is 0 Å². The lowest BCUT2D eigenvalue weighted by Crippen LogP contribution is -2.50. The SMILES string of the molecule is C=CC(CC=IF)C1=CC2C=N/C(=C/CC)N(N(C)C)C2N=C1c1ccc(C2CC(C)(O)C2)cc1. The molecule has 1 aromatic carbocycles. The molecular weight excluding hydrogens is 554 g/mol. The summed E-state index contributed by atoms with van der Waals surface area (Å²) in [5.41, 5.74) is 3.78. The van der Waals surface area contributed by atoms with Crippen molar-refractivity contribution < 1.29 is 7.97 Å². The molecule has 3 atom stereocenters. The lowest BCUT2D eigenvalue weighted by atomic mass is 9.69. The van der Waals surface area contributed by atoms with Gasteiger partial charge in [0, 0.05) is 31.8 Å². The van der Waals surface area contributed by atoms with Crippen LogP contribution in [0.15, 0.2) is 70.5 Å². The average molecular weight is 591 g/mol. The number of fused-ring (bicyclic) bond motifs is 1. The predicted octanol–water partition coefficient (Wildman–Crippen LogP) is 5.95. The smallest absolute Gasteiger partial charge is 0.149 e. The second-order valence-corrected chi connectivity index (χ2v) is 11.4. The summed E-state index contributed by atoms with van der Waals surface area (Å²) in [6.07, 6.45) is 11.3. The van der Waals surface area contributed by atoms with Crippen LogP contribution in [-0.2, 0) is 0 Å². The summed E-state index contributed by atoms with van der Waals surface area (Å²) in [5, 5.41) is 14.3. The molecule has 1 saturated carbocycles. The second kappa shape index (κ2) is 11.0. The third kappa shape index (κ3) is 5.57. The predicted molar refractivity (Wildman–Crippen MR) is 153 cm³/mol. The normalized spacial score (nSPS) is 30.4. The van der Waals surface area contributed by atoms with Crippen LogP contribution in [0.1, 0.15) is 56.6 Å². The number of hydrogen-bond acceptors (Lipinski definition) is 5.